The van der Waals surface area contributed by atoms with Crippen LogP contribution in [0.4, 0.5) is 5.69 Å². The maximum Gasteiger partial charge on any atom is 0.309 e. The summed E-state index contributed by atoms with van der Waals surface area (Å²) >= 11 is 0. The number of esters is 1. The topological polar surface area (TPSA) is 74.4 Å². The van der Waals surface area contributed by atoms with Gasteiger partial charge in [-0.25, -0.2) is 4.98 Å². The van der Waals surface area contributed by atoms with E-state index < -0.39 is 0 Å². The zero-order valence-corrected chi connectivity index (χ0v) is 9.27. The molecule has 0 spiro atoms. The summed E-state index contributed by atoms with van der Waals surface area (Å²) in [7, 11) is 2.86. The van der Waals surface area contributed by atoms with Crippen molar-refractivity contribution in [1.29, 1.82) is 0 Å². The number of methoxy groups -OCH3 is 2. The zero-order chi connectivity index (χ0) is 12.0. The van der Waals surface area contributed by atoms with Crippen LogP contribution in [0.25, 0.3) is 6.08 Å². The SMILES string of the molecule is COC(=O)CC=Cc1cnc(OC)c(N)c1. The number of aromatic nitrogens is 1. The van der Waals surface area contributed by atoms with Crippen LogP contribution in [-0.2, 0) is 9.53 Å². The third kappa shape index (κ3) is 3.27. The zero-order valence-electron chi connectivity index (χ0n) is 9.27. The lowest BCUT2D eigenvalue weighted by atomic mass is 10.2. The highest BCUT2D eigenvalue weighted by atomic mass is 16.5. The minimum absolute atomic E-state index is 0.225. The number of nitrogen functional groups attached to an aromatic ring is 1. The van der Waals surface area contributed by atoms with Crippen molar-refractivity contribution in [2.24, 2.45) is 0 Å². The maximum atomic E-state index is 10.8. The lowest BCUT2D eigenvalue weighted by molar-refractivity contribution is -0.139. The molecule has 0 aliphatic rings. The monoisotopic (exact) mass is 222 g/mol. The smallest absolute Gasteiger partial charge is 0.309 e. The van der Waals surface area contributed by atoms with Gasteiger partial charge in [-0.1, -0.05) is 12.2 Å². The van der Waals surface area contributed by atoms with Crippen molar-refractivity contribution < 1.29 is 14.3 Å². The van der Waals surface area contributed by atoms with Crippen LogP contribution < -0.4 is 10.5 Å². The first-order chi connectivity index (χ1) is 7.67. The second-order valence-corrected chi connectivity index (χ2v) is 3.05. The Morgan fingerprint density at radius 1 is 1.56 bits per heavy atom. The molecule has 0 amide bonds. The summed E-state index contributed by atoms with van der Waals surface area (Å²) < 4.78 is 9.42. The van der Waals surface area contributed by atoms with E-state index in [0.717, 1.165) is 5.56 Å². The van der Waals surface area contributed by atoms with Gasteiger partial charge in [-0.2, -0.15) is 0 Å². The van der Waals surface area contributed by atoms with Crippen molar-refractivity contribution in [2.75, 3.05) is 20.0 Å². The highest BCUT2D eigenvalue weighted by Gasteiger charge is 2.00. The molecule has 0 aliphatic heterocycles. The number of nitrogens with two attached hydrogens (primary N) is 1. The number of pyridine rings is 1. The highest BCUT2D eigenvalue weighted by molar-refractivity contribution is 5.72. The third-order valence-electron chi connectivity index (χ3n) is 1.92. The molecule has 5 nitrogen and oxygen atoms in total. The predicted molar refractivity (Wildman–Crippen MR) is 60.9 cm³/mol. The average Bonchev–Trinajstić information content (AvgIpc) is 2.29. The lowest BCUT2D eigenvalue weighted by Gasteiger charge is -2.02. The van der Waals surface area contributed by atoms with Gasteiger partial charge in [-0.15, -0.1) is 0 Å². The molecule has 1 aromatic rings. The number of ether oxygens (including phenoxy) is 2. The van der Waals surface area contributed by atoms with E-state index in [2.05, 4.69) is 9.72 Å². The van der Waals surface area contributed by atoms with Crippen LogP contribution in [0.15, 0.2) is 18.3 Å². The van der Waals surface area contributed by atoms with Crippen LogP contribution >= 0.6 is 0 Å². The highest BCUT2D eigenvalue weighted by Crippen LogP contribution is 2.18. The molecule has 0 saturated heterocycles. The second-order valence-electron chi connectivity index (χ2n) is 3.05. The van der Waals surface area contributed by atoms with Gasteiger partial charge in [0.15, 0.2) is 0 Å². The molecule has 0 radical (unpaired) electrons. The first kappa shape index (κ1) is 12.0. The second kappa shape index (κ2) is 5.75. The summed E-state index contributed by atoms with van der Waals surface area (Å²) in [5, 5.41) is 0. The van der Waals surface area contributed by atoms with E-state index in [0.29, 0.717) is 11.6 Å². The number of carbonyl (C=O) groups is 1. The fraction of sp³-hybridized carbons (Fsp3) is 0.273. The van der Waals surface area contributed by atoms with Crippen LogP contribution in [0, 0.1) is 0 Å². The van der Waals surface area contributed by atoms with E-state index in [1.807, 2.05) is 0 Å². The quantitative estimate of drug-likeness (QED) is 0.776. The fourth-order valence-electron chi connectivity index (χ4n) is 1.12. The minimum Gasteiger partial charge on any atom is -0.480 e. The van der Waals surface area contributed by atoms with Gasteiger partial charge < -0.3 is 15.2 Å². The van der Waals surface area contributed by atoms with Gasteiger partial charge in [0.2, 0.25) is 5.88 Å². The number of anilines is 1. The Hall–Kier alpha value is -2.04. The van der Waals surface area contributed by atoms with E-state index in [4.69, 9.17) is 10.5 Å². The Balaban J connectivity index is 2.68. The molecule has 0 saturated carbocycles. The Labute approximate surface area is 93.9 Å². The Bertz CT molecular complexity index is 402. The van der Waals surface area contributed by atoms with Crippen LogP contribution in [0.5, 0.6) is 5.88 Å². The van der Waals surface area contributed by atoms with E-state index in [1.54, 1.807) is 24.4 Å². The first-order valence-electron chi connectivity index (χ1n) is 4.70. The van der Waals surface area contributed by atoms with Crippen molar-refractivity contribution >= 4 is 17.7 Å². The lowest BCUT2D eigenvalue weighted by Crippen LogP contribution is -1.97. The molecule has 16 heavy (non-hydrogen) atoms. The molecule has 0 bridgehead atoms. The number of rotatable bonds is 4. The van der Waals surface area contributed by atoms with Crippen molar-refractivity contribution in [1.82, 2.24) is 4.98 Å². The molecule has 5 heteroatoms. The van der Waals surface area contributed by atoms with Gasteiger partial charge in [0.25, 0.3) is 0 Å². The Morgan fingerprint density at radius 2 is 2.31 bits per heavy atom. The number of hydrogen-bond acceptors (Lipinski definition) is 5. The molecule has 1 rings (SSSR count). The third-order valence-corrected chi connectivity index (χ3v) is 1.92. The van der Waals surface area contributed by atoms with Crippen molar-refractivity contribution in [3.63, 3.8) is 0 Å². The summed E-state index contributed by atoms with van der Waals surface area (Å²) in [6, 6.07) is 1.72. The van der Waals surface area contributed by atoms with Gasteiger partial charge in [0.05, 0.1) is 26.3 Å². The maximum absolute atomic E-state index is 10.8. The predicted octanol–water partition coefficient (Wildman–Crippen LogP) is 1.25. The first-order valence-corrected chi connectivity index (χ1v) is 4.70. The number of hydrogen-bond donors (Lipinski definition) is 1. The number of carbonyl (C=O) groups excluding carboxylic acids is 1. The van der Waals surface area contributed by atoms with Crippen molar-refractivity contribution in [3.05, 3.63) is 23.9 Å². The Morgan fingerprint density at radius 3 is 2.88 bits per heavy atom. The Kier molecular flexibility index (Phi) is 4.32. The molecule has 86 valence electrons. The summed E-state index contributed by atoms with van der Waals surface area (Å²) in [4.78, 5) is 14.8. The molecule has 0 unspecified atom stereocenters. The van der Waals surface area contributed by atoms with E-state index >= 15 is 0 Å². The van der Waals surface area contributed by atoms with Crippen LogP contribution in [-0.4, -0.2) is 25.2 Å². The van der Waals surface area contributed by atoms with E-state index in [9.17, 15) is 4.79 Å². The molecule has 2 N–H and O–H groups in total. The van der Waals surface area contributed by atoms with Gasteiger partial charge in [-0.05, 0) is 11.6 Å². The largest absolute Gasteiger partial charge is 0.480 e. The molecular formula is C11H14N2O3. The molecular weight excluding hydrogens is 208 g/mol. The van der Waals surface area contributed by atoms with Crippen LogP contribution in [0.1, 0.15) is 12.0 Å². The van der Waals surface area contributed by atoms with Gasteiger partial charge in [0, 0.05) is 6.20 Å². The molecule has 0 aromatic carbocycles. The molecule has 0 fully saturated rings. The molecule has 0 aliphatic carbocycles. The summed E-state index contributed by atoms with van der Waals surface area (Å²) in [5.41, 5.74) is 6.95. The van der Waals surface area contributed by atoms with Gasteiger partial charge in [0.1, 0.15) is 0 Å². The normalized spacial score (nSPS) is 10.4. The van der Waals surface area contributed by atoms with Crippen LogP contribution in [0.2, 0.25) is 0 Å². The van der Waals surface area contributed by atoms with Crippen LogP contribution in [0.3, 0.4) is 0 Å². The summed E-state index contributed by atoms with van der Waals surface area (Å²) in [6.45, 7) is 0. The van der Waals surface area contributed by atoms with Crippen molar-refractivity contribution in [3.8, 4) is 5.88 Å². The molecule has 1 heterocycles. The average molecular weight is 222 g/mol. The minimum atomic E-state index is -0.286. The fourth-order valence-corrected chi connectivity index (χ4v) is 1.12. The van der Waals surface area contributed by atoms with E-state index in [1.165, 1.54) is 14.2 Å². The van der Waals surface area contributed by atoms with Gasteiger partial charge in [-0.3, -0.25) is 4.79 Å². The molecule has 0 atom stereocenters. The standard InChI is InChI=1S/C11H14N2O3/c1-15-10(14)5-3-4-8-6-9(12)11(16-2)13-7-8/h3-4,6-7H,5,12H2,1-2H3. The number of nitrogens with zero attached hydrogens (tertiary/aromatic N) is 1. The summed E-state index contributed by atoms with van der Waals surface area (Å²) in [5.74, 6) is 0.107. The van der Waals surface area contributed by atoms with Crippen molar-refractivity contribution in [2.45, 2.75) is 6.42 Å². The van der Waals surface area contributed by atoms with E-state index in [-0.39, 0.29) is 12.4 Å². The van der Waals surface area contributed by atoms with Gasteiger partial charge >= 0.3 is 5.97 Å². The molecule has 1 aromatic heterocycles. The summed E-state index contributed by atoms with van der Waals surface area (Å²) in [6.07, 6.45) is 5.28.